The molecule has 0 aromatic rings. The van der Waals surface area contributed by atoms with Gasteiger partial charge in [0.15, 0.2) is 5.78 Å². The van der Waals surface area contributed by atoms with E-state index in [0.29, 0.717) is 24.0 Å². The van der Waals surface area contributed by atoms with Crippen molar-refractivity contribution in [2.24, 2.45) is 11.8 Å². The predicted octanol–water partition coefficient (Wildman–Crippen LogP) is 4.42. The largest absolute Gasteiger partial charge is 0.454 e. The van der Waals surface area contributed by atoms with E-state index in [4.69, 9.17) is 18.9 Å². The second-order valence-corrected chi connectivity index (χ2v) is 10.5. The highest BCUT2D eigenvalue weighted by atomic mass is 16.6. The number of cyclic esters (lactones) is 1. The van der Waals surface area contributed by atoms with Crippen molar-refractivity contribution in [2.45, 2.75) is 97.1 Å². The lowest BCUT2D eigenvalue weighted by Gasteiger charge is -2.26. The Morgan fingerprint density at radius 3 is 2.32 bits per heavy atom. The van der Waals surface area contributed by atoms with Gasteiger partial charge in [-0.3, -0.25) is 4.79 Å². The number of fused-ring (bicyclic) bond motifs is 2. The Bertz CT molecular complexity index is 988. The van der Waals surface area contributed by atoms with Gasteiger partial charge in [-0.15, -0.1) is 0 Å². The van der Waals surface area contributed by atoms with Crippen LogP contribution in [0.5, 0.6) is 0 Å². The zero-order chi connectivity index (χ0) is 27.3. The van der Waals surface area contributed by atoms with E-state index in [0.717, 1.165) is 5.57 Å². The van der Waals surface area contributed by atoms with Crippen molar-refractivity contribution < 1.29 is 33.6 Å². The summed E-state index contributed by atoms with van der Waals surface area (Å²) < 4.78 is 23.6. The first-order valence-corrected chi connectivity index (χ1v) is 13.2. The molecule has 0 aromatic heterocycles. The molecule has 2 saturated heterocycles. The topological polar surface area (TPSA) is 94.6 Å². The third-order valence-corrected chi connectivity index (χ3v) is 7.48. The summed E-state index contributed by atoms with van der Waals surface area (Å²) in [4.78, 5) is 25.9. The monoisotopic (exact) mass is 514 g/mol. The summed E-state index contributed by atoms with van der Waals surface area (Å²) in [6.07, 6.45) is 12.0. The van der Waals surface area contributed by atoms with Gasteiger partial charge in [-0.05, 0) is 51.3 Å². The number of aliphatic hydroxyl groups is 1. The quantitative estimate of drug-likeness (QED) is 0.339. The van der Waals surface area contributed by atoms with E-state index in [-0.39, 0.29) is 42.2 Å². The molecule has 3 aliphatic heterocycles. The molecule has 3 rings (SSSR count). The number of Topliss-reactive ketones (excluding diaryl/α,β-unsaturated/α-hetero) is 1. The van der Waals surface area contributed by atoms with Crippen LogP contribution < -0.4 is 0 Å². The molecule has 0 amide bonds. The molecule has 1 N–H and O–H groups in total. The lowest BCUT2D eigenvalue weighted by atomic mass is 9.93. The molecule has 0 aromatic carbocycles. The normalized spacial score (nSPS) is 38.3. The maximum Gasteiger partial charge on any atom is 0.334 e. The van der Waals surface area contributed by atoms with Gasteiger partial charge >= 0.3 is 5.97 Å². The lowest BCUT2D eigenvalue weighted by Crippen LogP contribution is -2.33. The Labute approximate surface area is 220 Å². The number of hydrogen-bond donors (Lipinski definition) is 1. The van der Waals surface area contributed by atoms with Gasteiger partial charge in [-0.25, -0.2) is 4.79 Å². The summed E-state index contributed by atoms with van der Waals surface area (Å²) >= 11 is 0. The molecular weight excluding hydrogens is 472 g/mol. The SMILES string of the molecule is CO[C@H]1C[C@H]2O[C@@H]1C=C(C)[C@H](O)CC=CC=C(C)C(=O)[C@@H](C)C=C(C)C(=O)O[C@H](/C=C/[C@H]1O[C@@H]1C)[C@@H]2C. The van der Waals surface area contributed by atoms with Gasteiger partial charge < -0.3 is 24.1 Å². The maximum atomic E-state index is 13.1. The zero-order valence-corrected chi connectivity index (χ0v) is 23.0. The number of ketones is 1. The van der Waals surface area contributed by atoms with Crippen LogP contribution in [0.15, 0.2) is 59.3 Å². The minimum atomic E-state index is -0.679. The standard InChI is InChI=1S/C30H42O7/c1-17-10-8-9-11-23(31)18(2)15-28-27(34-7)16-26(36-28)21(5)24(12-13-25-22(6)35-25)37-30(33)20(4)14-19(3)29(17)32/h8-10,12-15,19,21-28,31H,11,16H2,1-7H3/b9-8?,13-12+,17-10?,18-15?,20-14?/t19-,21-,22+,23+,24+,25+,26+,27-,28+/m0/s1. The van der Waals surface area contributed by atoms with Crippen molar-refractivity contribution >= 4 is 11.8 Å². The Morgan fingerprint density at radius 2 is 1.68 bits per heavy atom. The van der Waals surface area contributed by atoms with Crippen LogP contribution in [0.4, 0.5) is 0 Å². The number of methoxy groups -OCH3 is 1. The third kappa shape index (κ3) is 7.84. The zero-order valence-electron chi connectivity index (χ0n) is 23.0. The Kier molecular flexibility index (Phi) is 10.2. The van der Waals surface area contributed by atoms with Gasteiger partial charge in [0.05, 0.1) is 24.4 Å². The molecule has 37 heavy (non-hydrogen) atoms. The van der Waals surface area contributed by atoms with Crippen molar-refractivity contribution in [1.82, 2.24) is 0 Å². The fourth-order valence-electron chi connectivity index (χ4n) is 4.73. The van der Waals surface area contributed by atoms with Crippen LogP contribution in [0.2, 0.25) is 0 Å². The maximum absolute atomic E-state index is 13.1. The molecule has 3 heterocycles. The molecule has 7 heteroatoms. The molecule has 0 aliphatic carbocycles. The van der Waals surface area contributed by atoms with Gasteiger partial charge in [0, 0.05) is 30.9 Å². The van der Waals surface area contributed by atoms with Gasteiger partial charge in [-0.2, -0.15) is 0 Å². The molecule has 204 valence electrons. The summed E-state index contributed by atoms with van der Waals surface area (Å²) in [6, 6.07) is 0. The van der Waals surface area contributed by atoms with Crippen LogP contribution in [0.1, 0.15) is 54.4 Å². The smallest absolute Gasteiger partial charge is 0.334 e. The number of carbonyl (C=O) groups is 2. The fraction of sp³-hybridized carbons (Fsp3) is 0.600. The highest BCUT2D eigenvalue weighted by Gasteiger charge is 2.41. The van der Waals surface area contributed by atoms with E-state index in [1.807, 2.05) is 45.1 Å². The van der Waals surface area contributed by atoms with E-state index in [2.05, 4.69) is 0 Å². The second-order valence-electron chi connectivity index (χ2n) is 10.5. The average molecular weight is 515 g/mol. The fourth-order valence-corrected chi connectivity index (χ4v) is 4.73. The molecule has 7 nitrogen and oxygen atoms in total. The van der Waals surface area contributed by atoms with Gasteiger partial charge in [0.1, 0.15) is 18.3 Å². The Balaban J connectivity index is 1.94. The predicted molar refractivity (Wildman–Crippen MR) is 142 cm³/mol. The van der Waals surface area contributed by atoms with Crippen LogP contribution in [0.3, 0.4) is 0 Å². The van der Waals surface area contributed by atoms with E-state index in [1.165, 1.54) is 0 Å². The van der Waals surface area contributed by atoms with E-state index in [1.54, 1.807) is 46.1 Å². The number of epoxide rings is 1. The van der Waals surface area contributed by atoms with Crippen LogP contribution in [-0.2, 0) is 28.5 Å². The summed E-state index contributed by atoms with van der Waals surface area (Å²) in [7, 11) is 1.66. The van der Waals surface area contributed by atoms with Crippen molar-refractivity contribution in [3.63, 3.8) is 0 Å². The minimum absolute atomic E-state index is 0.0107. The molecule has 2 bridgehead atoms. The van der Waals surface area contributed by atoms with Crippen molar-refractivity contribution in [3.05, 3.63) is 59.3 Å². The average Bonchev–Trinajstić information content (AvgIpc) is 3.42. The first-order valence-electron chi connectivity index (χ1n) is 13.2. The Hall–Kier alpha value is -2.32. The number of hydrogen-bond acceptors (Lipinski definition) is 7. The van der Waals surface area contributed by atoms with E-state index >= 15 is 0 Å². The van der Waals surface area contributed by atoms with Crippen LogP contribution in [0.25, 0.3) is 0 Å². The molecule has 0 saturated carbocycles. The number of ether oxygens (including phenoxy) is 4. The van der Waals surface area contributed by atoms with Gasteiger partial charge in [0.25, 0.3) is 0 Å². The Morgan fingerprint density at radius 1 is 1.00 bits per heavy atom. The molecule has 0 spiro atoms. The van der Waals surface area contributed by atoms with Gasteiger partial charge in [-0.1, -0.05) is 50.3 Å². The molecule has 3 aliphatic rings. The lowest BCUT2D eigenvalue weighted by molar-refractivity contribution is -0.146. The summed E-state index contributed by atoms with van der Waals surface area (Å²) in [5, 5.41) is 10.7. The number of aliphatic hydroxyl groups excluding tert-OH is 1. The van der Waals surface area contributed by atoms with Crippen LogP contribution in [-0.4, -0.2) is 66.7 Å². The highest BCUT2D eigenvalue weighted by Crippen LogP contribution is 2.33. The number of carbonyl (C=O) groups excluding carboxylic acids is 2. The van der Waals surface area contributed by atoms with Crippen LogP contribution >= 0.6 is 0 Å². The molecule has 9 atom stereocenters. The first-order chi connectivity index (χ1) is 17.5. The van der Waals surface area contributed by atoms with Gasteiger partial charge in [0.2, 0.25) is 0 Å². The van der Waals surface area contributed by atoms with Crippen LogP contribution in [0, 0.1) is 11.8 Å². The molecule has 2 fully saturated rings. The molecule has 0 unspecified atom stereocenters. The first kappa shape index (κ1) is 29.2. The molecule has 0 radical (unpaired) electrons. The summed E-state index contributed by atoms with van der Waals surface area (Å²) in [5.74, 6) is -1.20. The van der Waals surface area contributed by atoms with Crippen molar-refractivity contribution in [3.8, 4) is 0 Å². The van der Waals surface area contributed by atoms with E-state index < -0.39 is 24.1 Å². The number of esters is 1. The summed E-state index contributed by atoms with van der Waals surface area (Å²) in [6.45, 7) is 11.0. The number of rotatable bonds is 3. The highest BCUT2D eigenvalue weighted by molar-refractivity contribution is 5.99. The third-order valence-electron chi connectivity index (χ3n) is 7.48. The van der Waals surface area contributed by atoms with E-state index in [9.17, 15) is 14.7 Å². The second kappa shape index (κ2) is 13.0. The van der Waals surface area contributed by atoms with Crippen molar-refractivity contribution in [2.75, 3.05) is 7.11 Å². The van der Waals surface area contributed by atoms with Crippen molar-refractivity contribution in [1.29, 1.82) is 0 Å². The minimum Gasteiger partial charge on any atom is -0.454 e. The summed E-state index contributed by atoms with van der Waals surface area (Å²) in [5.41, 5.74) is 1.74. The number of allylic oxidation sites excluding steroid dienone is 4. The molecular formula is C30H42O7.